The van der Waals surface area contributed by atoms with E-state index in [9.17, 15) is 9.18 Å². The third-order valence-corrected chi connectivity index (χ3v) is 3.77. The van der Waals surface area contributed by atoms with Gasteiger partial charge in [0.05, 0.1) is 5.02 Å². The van der Waals surface area contributed by atoms with Crippen LogP contribution in [0.5, 0.6) is 0 Å². The molecule has 4 nitrogen and oxygen atoms in total. The quantitative estimate of drug-likeness (QED) is 0.868. The molecule has 1 aromatic carbocycles. The number of piperidine rings is 1. The first kappa shape index (κ1) is 17.0. The standard InChI is InChI=1S/C16H22ClFN2O2/c1-16(2,3)22-15(21)20-10-7-8-19-13(9-10)11-5-4-6-12(17)14(11)18/h4-6,10,13,19H,7-9H2,1-3H3,(H,20,21). The zero-order valence-electron chi connectivity index (χ0n) is 13.1. The van der Waals surface area contributed by atoms with Crippen LogP contribution >= 0.6 is 11.6 Å². The van der Waals surface area contributed by atoms with Gasteiger partial charge in [0.15, 0.2) is 0 Å². The van der Waals surface area contributed by atoms with Crippen LogP contribution in [0.4, 0.5) is 9.18 Å². The molecule has 0 radical (unpaired) electrons. The maximum Gasteiger partial charge on any atom is 0.407 e. The van der Waals surface area contributed by atoms with Crippen molar-refractivity contribution in [1.82, 2.24) is 10.6 Å². The number of hydrogen-bond acceptors (Lipinski definition) is 3. The maximum atomic E-state index is 14.1. The van der Waals surface area contributed by atoms with E-state index in [0.29, 0.717) is 18.5 Å². The predicted octanol–water partition coefficient (Wildman–Crippen LogP) is 3.80. The molecule has 2 N–H and O–H groups in total. The van der Waals surface area contributed by atoms with E-state index in [2.05, 4.69) is 10.6 Å². The Morgan fingerprint density at radius 3 is 2.86 bits per heavy atom. The summed E-state index contributed by atoms with van der Waals surface area (Å²) in [7, 11) is 0. The van der Waals surface area contributed by atoms with Crippen LogP contribution in [-0.2, 0) is 4.74 Å². The van der Waals surface area contributed by atoms with Crippen LogP contribution in [0, 0.1) is 5.82 Å². The van der Waals surface area contributed by atoms with Crippen LogP contribution in [0.2, 0.25) is 5.02 Å². The molecule has 2 atom stereocenters. The van der Waals surface area contributed by atoms with E-state index in [1.54, 1.807) is 12.1 Å². The minimum atomic E-state index is -0.532. The Labute approximate surface area is 135 Å². The van der Waals surface area contributed by atoms with Crippen LogP contribution < -0.4 is 10.6 Å². The van der Waals surface area contributed by atoms with Crippen molar-refractivity contribution in [2.75, 3.05) is 6.54 Å². The number of carbonyl (C=O) groups is 1. The minimum Gasteiger partial charge on any atom is -0.444 e. The van der Waals surface area contributed by atoms with E-state index in [1.807, 2.05) is 20.8 Å². The van der Waals surface area contributed by atoms with E-state index in [-0.39, 0.29) is 17.1 Å². The van der Waals surface area contributed by atoms with E-state index in [1.165, 1.54) is 6.07 Å². The van der Waals surface area contributed by atoms with E-state index in [4.69, 9.17) is 16.3 Å². The van der Waals surface area contributed by atoms with Crippen molar-refractivity contribution in [2.24, 2.45) is 0 Å². The molecule has 1 aromatic rings. The lowest BCUT2D eigenvalue weighted by molar-refractivity contribution is 0.0490. The molecule has 22 heavy (non-hydrogen) atoms. The molecule has 1 amide bonds. The fourth-order valence-electron chi connectivity index (χ4n) is 2.55. The van der Waals surface area contributed by atoms with Crippen molar-refractivity contribution in [3.8, 4) is 0 Å². The van der Waals surface area contributed by atoms with E-state index in [0.717, 1.165) is 6.42 Å². The zero-order valence-corrected chi connectivity index (χ0v) is 13.8. The largest absolute Gasteiger partial charge is 0.444 e. The molecule has 1 saturated heterocycles. The topological polar surface area (TPSA) is 50.4 Å². The summed E-state index contributed by atoms with van der Waals surface area (Å²) in [6.45, 7) is 6.15. The Hall–Kier alpha value is -1.33. The van der Waals surface area contributed by atoms with Crippen molar-refractivity contribution in [3.63, 3.8) is 0 Å². The number of carbonyl (C=O) groups excluding carboxylic acids is 1. The second kappa shape index (κ2) is 6.84. The van der Waals surface area contributed by atoms with Crippen molar-refractivity contribution in [1.29, 1.82) is 0 Å². The number of nitrogens with one attached hydrogen (secondary N) is 2. The second-order valence-electron chi connectivity index (χ2n) is 6.52. The summed E-state index contributed by atoms with van der Waals surface area (Å²) in [6, 6.07) is 4.74. The van der Waals surface area contributed by atoms with Crippen molar-refractivity contribution in [3.05, 3.63) is 34.6 Å². The summed E-state index contributed by atoms with van der Waals surface area (Å²) in [5.74, 6) is -0.403. The normalized spacial score (nSPS) is 22.2. The second-order valence-corrected chi connectivity index (χ2v) is 6.92. The highest BCUT2D eigenvalue weighted by molar-refractivity contribution is 6.30. The average molecular weight is 329 g/mol. The van der Waals surface area contributed by atoms with Crippen LogP contribution in [0.25, 0.3) is 0 Å². The number of halogens is 2. The van der Waals surface area contributed by atoms with Gasteiger partial charge in [-0.1, -0.05) is 23.7 Å². The monoisotopic (exact) mass is 328 g/mol. The van der Waals surface area contributed by atoms with Gasteiger partial charge in [-0.2, -0.15) is 0 Å². The summed E-state index contributed by atoms with van der Waals surface area (Å²) in [5, 5.41) is 6.23. The lowest BCUT2D eigenvalue weighted by atomic mass is 9.93. The fourth-order valence-corrected chi connectivity index (χ4v) is 2.73. The first-order chi connectivity index (χ1) is 10.3. The van der Waals surface area contributed by atoms with Crippen molar-refractivity contribution in [2.45, 2.75) is 51.3 Å². The number of benzene rings is 1. The highest BCUT2D eigenvalue weighted by atomic mass is 35.5. The molecule has 1 heterocycles. The lowest BCUT2D eigenvalue weighted by Crippen LogP contribution is -2.46. The molecular weight excluding hydrogens is 307 g/mol. The summed E-state index contributed by atoms with van der Waals surface area (Å²) in [5.41, 5.74) is -0.00155. The molecule has 1 aliphatic heterocycles. The highest BCUT2D eigenvalue weighted by Gasteiger charge is 2.27. The zero-order chi connectivity index (χ0) is 16.3. The molecule has 0 saturated carbocycles. The van der Waals surface area contributed by atoms with Gasteiger partial charge in [-0.3, -0.25) is 0 Å². The molecule has 1 fully saturated rings. The van der Waals surface area contributed by atoms with Gasteiger partial charge in [-0.05, 0) is 46.2 Å². The lowest BCUT2D eigenvalue weighted by Gasteiger charge is -2.32. The molecule has 6 heteroatoms. The minimum absolute atomic E-state index is 0.0560. The van der Waals surface area contributed by atoms with Gasteiger partial charge in [-0.25, -0.2) is 9.18 Å². The van der Waals surface area contributed by atoms with E-state index >= 15 is 0 Å². The highest BCUT2D eigenvalue weighted by Crippen LogP contribution is 2.28. The Kier molecular flexibility index (Phi) is 5.29. The molecule has 2 unspecified atom stereocenters. The van der Waals surface area contributed by atoms with Crippen molar-refractivity contribution >= 4 is 17.7 Å². The van der Waals surface area contributed by atoms with Crippen LogP contribution in [0.3, 0.4) is 0 Å². The van der Waals surface area contributed by atoms with Gasteiger partial charge in [0.1, 0.15) is 11.4 Å². The maximum absolute atomic E-state index is 14.1. The summed E-state index contributed by atoms with van der Waals surface area (Å²) >= 11 is 5.83. The molecule has 1 aliphatic rings. The summed E-state index contributed by atoms with van der Waals surface area (Å²) < 4.78 is 19.4. The molecule has 122 valence electrons. The third-order valence-electron chi connectivity index (χ3n) is 3.48. The Balaban J connectivity index is 2.00. The number of rotatable bonds is 2. The van der Waals surface area contributed by atoms with Crippen LogP contribution in [0.1, 0.15) is 45.2 Å². The Bertz CT molecular complexity index is 545. The number of alkyl carbamates (subject to hydrolysis) is 1. The van der Waals surface area contributed by atoms with Gasteiger partial charge >= 0.3 is 6.09 Å². The number of hydrogen-bond donors (Lipinski definition) is 2. The Morgan fingerprint density at radius 2 is 2.18 bits per heavy atom. The number of amides is 1. The van der Waals surface area contributed by atoms with Gasteiger partial charge < -0.3 is 15.4 Å². The molecular formula is C16H22ClFN2O2. The number of ether oxygens (including phenoxy) is 1. The SMILES string of the molecule is CC(C)(C)OC(=O)NC1CCNC(c2cccc(Cl)c2F)C1. The van der Waals surface area contributed by atoms with Gasteiger partial charge in [0.2, 0.25) is 0 Å². The predicted molar refractivity (Wildman–Crippen MR) is 84.5 cm³/mol. The first-order valence-corrected chi connectivity index (χ1v) is 7.81. The molecule has 2 rings (SSSR count). The van der Waals surface area contributed by atoms with Crippen LogP contribution in [0.15, 0.2) is 18.2 Å². The van der Waals surface area contributed by atoms with Crippen LogP contribution in [-0.4, -0.2) is 24.3 Å². The van der Waals surface area contributed by atoms with E-state index < -0.39 is 17.5 Å². The molecule has 0 spiro atoms. The molecule has 0 bridgehead atoms. The fraction of sp³-hybridized carbons (Fsp3) is 0.562. The third kappa shape index (κ3) is 4.58. The van der Waals surface area contributed by atoms with Gasteiger partial charge in [-0.15, -0.1) is 0 Å². The van der Waals surface area contributed by atoms with Gasteiger partial charge in [0, 0.05) is 17.6 Å². The van der Waals surface area contributed by atoms with Crippen molar-refractivity contribution < 1.29 is 13.9 Å². The summed E-state index contributed by atoms with van der Waals surface area (Å²) in [6.07, 6.45) is 0.929. The van der Waals surface area contributed by atoms with Gasteiger partial charge in [0.25, 0.3) is 0 Å². The average Bonchev–Trinajstić information content (AvgIpc) is 2.40. The summed E-state index contributed by atoms with van der Waals surface area (Å²) in [4.78, 5) is 11.8. The first-order valence-electron chi connectivity index (χ1n) is 7.43. The smallest absolute Gasteiger partial charge is 0.407 e. The molecule has 0 aliphatic carbocycles. The molecule has 0 aromatic heterocycles. The Morgan fingerprint density at radius 1 is 1.45 bits per heavy atom.